The summed E-state index contributed by atoms with van der Waals surface area (Å²) in [6.45, 7) is 2.58. The predicted molar refractivity (Wildman–Crippen MR) is 95.0 cm³/mol. The zero-order chi connectivity index (χ0) is 18.5. The normalized spacial score (nSPS) is 12.6. The Kier molecular flexibility index (Phi) is 5.36. The van der Waals surface area contributed by atoms with Gasteiger partial charge >= 0.3 is 5.97 Å². The first kappa shape index (κ1) is 17.7. The van der Waals surface area contributed by atoms with Gasteiger partial charge in [-0.2, -0.15) is 0 Å². The van der Waals surface area contributed by atoms with Crippen molar-refractivity contribution in [3.8, 4) is 0 Å². The number of anilines is 2. The van der Waals surface area contributed by atoms with Gasteiger partial charge in [-0.3, -0.25) is 14.4 Å². The minimum atomic E-state index is -0.396. The monoisotopic (exact) mass is 356 g/mol. The molecule has 1 aromatic heterocycles. The lowest BCUT2D eigenvalue weighted by atomic mass is 10.1. The molecule has 0 aliphatic carbocycles. The number of carbonyl (C=O) groups is 3. The van der Waals surface area contributed by atoms with Crippen molar-refractivity contribution < 1.29 is 23.5 Å². The lowest BCUT2D eigenvalue weighted by Crippen LogP contribution is -2.28. The summed E-state index contributed by atoms with van der Waals surface area (Å²) < 4.78 is 9.99. The Morgan fingerprint density at radius 3 is 2.81 bits per heavy atom. The van der Waals surface area contributed by atoms with Gasteiger partial charge < -0.3 is 19.4 Å². The molecular formula is C19H20N2O5. The second kappa shape index (κ2) is 7.86. The zero-order valence-electron chi connectivity index (χ0n) is 14.5. The lowest BCUT2D eigenvalue weighted by Gasteiger charge is -2.17. The van der Waals surface area contributed by atoms with Crippen LogP contribution in [-0.2, 0) is 20.7 Å². The average molecular weight is 356 g/mol. The summed E-state index contributed by atoms with van der Waals surface area (Å²) in [5.74, 6) is -0.604. The highest BCUT2D eigenvalue weighted by atomic mass is 16.5. The Morgan fingerprint density at radius 2 is 2.08 bits per heavy atom. The highest BCUT2D eigenvalue weighted by Crippen LogP contribution is 2.32. The summed E-state index contributed by atoms with van der Waals surface area (Å²) in [5, 5.41) is 2.76. The van der Waals surface area contributed by atoms with E-state index >= 15 is 0 Å². The molecule has 0 saturated heterocycles. The number of ether oxygens (including phenoxy) is 1. The lowest BCUT2D eigenvalue weighted by molar-refractivity contribution is -0.144. The first-order valence-electron chi connectivity index (χ1n) is 8.52. The maximum Gasteiger partial charge on any atom is 0.306 e. The van der Waals surface area contributed by atoms with Gasteiger partial charge in [0.05, 0.1) is 19.3 Å². The van der Waals surface area contributed by atoms with Gasteiger partial charge in [-0.25, -0.2) is 0 Å². The zero-order valence-corrected chi connectivity index (χ0v) is 14.5. The molecule has 7 heteroatoms. The third kappa shape index (κ3) is 3.93. The third-order valence-corrected chi connectivity index (χ3v) is 4.10. The van der Waals surface area contributed by atoms with Crippen molar-refractivity contribution in [3.05, 3.63) is 47.9 Å². The third-order valence-electron chi connectivity index (χ3n) is 4.10. The van der Waals surface area contributed by atoms with Crippen LogP contribution in [0.15, 0.2) is 41.0 Å². The van der Waals surface area contributed by atoms with Crippen molar-refractivity contribution in [1.29, 1.82) is 0 Å². The van der Waals surface area contributed by atoms with Crippen molar-refractivity contribution >= 4 is 29.2 Å². The summed E-state index contributed by atoms with van der Waals surface area (Å²) in [6, 6.07) is 8.75. The molecule has 0 fully saturated rings. The first-order valence-corrected chi connectivity index (χ1v) is 8.52. The summed E-state index contributed by atoms with van der Waals surface area (Å²) in [4.78, 5) is 37.5. The molecule has 2 aromatic rings. The van der Waals surface area contributed by atoms with Crippen LogP contribution in [0, 0.1) is 0 Å². The number of benzene rings is 1. The molecule has 1 aromatic carbocycles. The second-order valence-corrected chi connectivity index (χ2v) is 5.88. The van der Waals surface area contributed by atoms with Gasteiger partial charge in [-0.1, -0.05) is 6.07 Å². The van der Waals surface area contributed by atoms with Crippen LogP contribution < -0.4 is 10.2 Å². The van der Waals surface area contributed by atoms with Crippen LogP contribution in [0.1, 0.15) is 35.9 Å². The van der Waals surface area contributed by atoms with E-state index in [0.717, 1.165) is 17.7 Å². The van der Waals surface area contributed by atoms with Crippen LogP contribution in [0.5, 0.6) is 0 Å². The van der Waals surface area contributed by atoms with Crippen LogP contribution in [-0.4, -0.2) is 30.9 Å². The number of rotatable bonds is 6. The molecule has 0 spiro atoms. The largest absolute Gasteiger partial charge is 0.466 e. The standard InChI is InChI=1S/C19H20N2O5/c1-2-25-18(23)8-7-17(22)20-14-6-5-13-9-10-21(15(13)12-14)19(24)16-4-3-11-26-16/h3-6,11-12H,2,7-10H2,1H3,(H,20,22). The van der Waals surface area contributed by atoms with E-state index in [1.807, 2.05) is 6.07 Å². The fraction of sp³-hybridized carbons (Fsp3) is 0.316. The van der Waals surface area contributed by atoms with Gasteiger partial charge in [0.2, 0.25) is 5.91 Å². The number of carbonyl (C=O) groups excluding carboxylic acids is 3. The van der Waals surface area contributed by atoms with Crippen molar-refractivity contribution in [2.75, 3.05) is 23.4 Å². The van der Waals surface area contributed by atoms with Gasteiger partial charge in [0, 0.05) is 24.3 Å². The smallest absolute Gasteiger partial charge is 0.306 e. The van der Waals surface area contributed by atoms with Crippen LogP contribution >= 0.6 is 0 Å². The van der Waals surface area contributed by atoms with E-state index in [1.54, 1.807) is 36.1 Å². The quantitative estimate of drug-likeness (QED) is 0.804. The van der Waals surface area contributed by atoms with Crippen LogP contribution in [0.3, 0.4) is 0 Å². The molecule has 1 aliphatic heterocycles. The van der Waals surface area contributed by atoms with E-state index < -0.39 is 5.97 Å². The second-order valence-electron chi connectivity index (χ2n) is 5.88. The molecule has 26 heavy (non-hydrogen) atoms. The molecule has 0 unspecified atom stereocenters. The fourth-order valence-electron chi connectivity index (χ4n) is 2.87. The van der Waals surface area contributed by atoms with Crippen molar-refractivity contribution in [1.82, 2.24) is 0 Å². The highest BCUT2D eigenvalue weighted by molar-refractivity contribution is 6.06. The van der Waals surface area contributed by atoms with E-state index in [1.165, 1.54) is 6.26 Å². The summed E-state index contributed by atoms with van der Waals surface area (Å²) in [7, 11) is 0. The number of fused-ring (bicyclic) bond motifs is 1. The van der Waals surface area contributed by atoms with Crippen molar-refractivity contribution in [3.63, 3.8) is 0 Å². The minimum absolute atomic E-state index is 0.0354. The van der Waals surface area contributed by atoms with Gasteiger partial charge in [0.15, 0.2) is 5.76 Å². The molecule has 2 amide bonds. The summed E-state index contributed by atoms with van der Waals surface area (Å²) >= 11 is 0. The molecule has 1 N–H and O–H groups in total. The number of nitrogens with zero attached hydrogens (tertiary/aromatic N) is 1. The van der Waals surface area contributed by atoms with Crippen LogP contribution in [0.2, 0.25) is 0 Å². The Morgan fingerprint density at radius 1 is 1.23 bits per heavy atom. The molecule has 2 heterocycles. The Balaban J connectivity index is 1.66. The number of hydrogen-bond acceptors (Lipinski definition) is 5. The number of hydrogen-bond donors (Lipinski definition) is 1. The first-order chi connectivity index (χ1) is 12.6. The molecular weight excluding hydrogens is 336 g/mol. The Labute approximate surface area is 150 Å². The highest BCUT2D eigenvalue weighted by Gasteiger charge is 2.27. The summed E-state index contributed by atoms with van der Waals surface area (Å²) in [6.07, 6.45) is 2.29. The van der Waals surface area contributed by atoms with E-state index in [2.05, 4.69) is 5.32 Å². The molecule has 1 aliphatic rings. The topological polar surface area (TPSA) is 88.9 Å². The van der Waals surface area contributed by atoms with E-state index in [0.29, 0.717) is 18.8 Å². The number of nitrogens with one attached hydrogen (secondary N) is 1. The summed E-state index contributed by atoms with van der Waals surface area (Å²) in [5.41, 5.74) is 2.38. The SMILES string of the molecule is CCOC(=O)CCC(=O)Nc1ccc2c(c1)N(C(=O)c1ccco1)CC2. The van der Waals surface area contributed by atoms with Crippen molar-refractivity contribution in [2.24, 2.45) is 0 Å². The van der Waals surface area contributed by atoms with E-state index in [-0.39, 0.29) is 30.4 Å². The van der Waals surface area contributed by atoms with Gasteiger partial charge in [0.25, 0.3) is 5.91 Å². The fourth-order valence-corrected chi connectivity index (χ4v) is 2.87. The maximum absolute atomic E-state index is 12.5. The predicted octanol–water partition coefficient (Wildman–Crippen LogP) is 2.76. The number of furan rings is 1. The molecule has 0 radical (unpaired) electrons. The minimum Gasteiger partial charge on any atom is -0.466 e. The number of amides is 2. The van der Waals surface area contributed by atoms with E-state index in [9.17, 15) is 14.4 Å². The molecule has 136 valence electrons. The van der Waals surface area contributed by atoms with Crippen molar-refractivity contribution in [2.45, 2.75) is 26.2 Å². The van der Waals surface area contributed by atoms with E-state index in [4.69, 9.17) is 9.15 Å². The van der Waals surface area contributed by atoms with Crippen LogP contribution in [0.25, 0.3) is 0 Å². The average Bonchev–Trinajstić information content (AvgIpc) is 3.29. The molecule has 0 saturated carbocycles. The molecule has 3 rings (SSSR count). The van der Waals surface area contributed by atoms with Gasteiger partial charge in [-0.05, 0) is 43.2 Å². The number of esters is 1. The van der Waals surface area contributed by atoms with Crippen LogP contribution in [0.4, 0.5) is 11.4 Å². The molecule has 7 nitrogen and oxygen atoms in total. The Bertz CT molecular complexity index is 813. The Hall–Kier alpha value is -3.09. The van der Waals surface area contributed by atoms with Gasteiger partial charge in [0.1, 0.15) is 0 Å². The maximum atomic E-state index is 12.5. The molecule has 0 atom stereocenters. The van der Waals surface area contributed by atoms with Gasteiger partial charge in [-0.15, -0.1) is 0 Å². The molecule has 0 bridgehead atoms.